The van der Waals surface area contributed by atoms with E-state index in [1.54, 1.807) is 6.92 Å². The number of rotatable bonds is 5. The molecule has 0 amide bonds. The molecule has 122 valence electrons. The molecule has 3 N–H and O–H groups in total. The lowest BCUT2D eigenvalue weighted by atomic mass is 10.1. The van der Waals surface area contributed by atoms with Crippen LogP contribution in [0.5, 0.6) is 0 Å². The lowest BCUT2D eigenvalue weighted by Crippen LogP contribution is -2.15. The van der Waals surface area contributed by atoms with Crippen LogP contribution in [0.1, 0.15) is 21.5 Å². The van der Waals surface area contributed by atoms with Crippen molar-refractivity contribution in [2.75, 3.05) is 4.72 Å². The van der Waals surface area contributed by atoms with Crippen molar-refractivity contribution in [3.05, 3.63) is 58.9 Å². The van der Waals surface area contributed by atoms with Gasteiger partial charge in [-0.15, -0.1) is 0 Å². The van der Waals surface area contributed by atoms with Crippen LogP contribution >= 0.6 is 0 Å². The van der Waals surface area contributed by atoms with E-state index in [-0.39, 0.29) is 17.2 Å². The van der Waals surface area contributed by atoms with Crippen LogP contribution in [0.25, 0.3) is 0 Å². The van der Waals surface area contributed by atoms with Crippen molar-refractivity contribution in [3.8, 4) is 0 Å². The Bertz CT molecular complexity index is 864. The maximum Gasteiger partial charge on any atom is 0.338 e. The number of halogens is 1. The summed E-state index contributed by atoms with van der Waals surface area (Å²) < 4.78 is 40.5. The van der Waals surface area contributed by atoms with E-state index in [0.717, 1.165) is 12.1 Å². The molecule has 0 fully saturated rings. The molecule has 6 nitrogen and oxygen atoms in total. The van der Waals surface area contributed by atoms with Crippen LogP contribution in [0.2, 0.25) is 0 Å². The Morgan fingerprint density at radius 1 is 1.22 bits per heavy atom. The second-order valence-corrected chi connectivity index (χ2v) is 6.51. The number of carbonyl (C=O) groups is 1. The Balaban J connectivity index is 2.35. The zero-order valence-electron chi connectivity index (χ0n) is 12.1. The maximum absolute atomic E-state index is 13.6. The zero-order valence-corrected chi connectivity index (χ0v) is 12.9. The molecule has 0 saturated heterocycles. The second kappa shape index (κ2) is 6.35. The van der Waals surface area contributed by atoms with Gasteiger partial charge in [0, 0.05) is 0 Å². The summed E-state index contributed by atoms with van der Waals surface area (Å²) in [6.45, 7) is 1.36. The molecule has 2 aromatic rings. The maximum atomic E-state index is 13.6. The summed E-state index contributed by atoms with van der Waals surface area (Å²) in [6.07, 6.45) is 0. The van der Waals surface area contributed by atoms with E-state index >= 15 is 0 Å². The van der Waals surface area contributed by atoms with E-state index in [0.29, 0.717) is 11.1 Å². The highest BCUT2D eigenvalue weighted by molar-refractivity contribution is 7.92. The number of carboxylic acid groups (broad SMARTS) is 1. The van der Waals surface area contributed by atoms with E-state index in [9.17, 15) is 17.6 Å². The van der Waals surface area contributed by atoms with Gasteiger partial charge in [-0.1, -0.05) is 12.1 Å². The summed E-state index contributed by atoms with van der Waals surface area (Å²) in [5.41, 5.74) is 0.361. The Morgan fingerprint density at radius 2 is 1.91 bits per heavy atom. The van der Waals surface area contributed by atoms with Gasteiger partial charge in [0.1, 0.15) is 5.82 Å². The molecule has 2 rings (SSSR count). The normalized spacial score (nSPS) is 11.3. The number of hydrogen-bond donors (Lipinski definition) is 3. The molecule has 0 unspecified atom stereocenters. The summed E-state index contributed by atoms with van der Waals surface area (Å²) in [6, 6.07) is 7.29. The van der Waals surface area contributed by atoms with Gasteiger partial charge in [-0.3, -0.25) is 4.72 Å². The fourth-order valence-electron chi connectivity index (χ4n) is 2.07. The van der Waals surface area contributed by atoms with Gasteiger partial charge in [-0.05, 0) is 42.3 Å². The van der Waals surface area contributed by atoms with Crippen molar-refractivity contribution in [2.45, 2.75) is 18.4 Å². The number of carboxylic acids is 1. The average Bonchev–Trinajstić information content (AvgIpc) is 2.45. The third kappa shape index (κ3) is 3.66. The largest absolute Gasteiger partial charge is 0.478 e. The standard InChI is InChI=1S/C15H14FNO5S/c1-9-6-10(8-18)2-5-14(9)23(21,22)17-11-3-4-12(15(19)20)13(16)7-11/h2-7,17-18H,8H2,1H3,(H,19,20). The van der Waals surface area contributed by atoms with Crippen molar-refractivity contribution in [2.24, 2.45) is 0 Å². The van der Waals surface area contributed by atoms with Crippen molar-refractivity contribution < 1.29 is 27.8 Å². The molecule has 0 spiro atoms. The third-order valence-corrected chi connectivity index (χ3v) is 4.70. The Hall–Kier alpha value is -2.45. The van der Waals surface area contributed by atoms with E-state index in [4.69, 9.17) is 10.2 Å². The Kier molecular flexibility index (Phi) is 4.67. The predicted octanol–water partition coefficient (Wildman–Crippen LogP) is 2.13. The monoisotopic (exact) mass is 339 g/mol. The van der Waals surface area contributed by atoms with E-state index in [2.05, 4.69) is 4.72 Å². The highest BCUT2D eigenvalue weighted by Gasteiger charge is 2.18. The van der Waals surface area contributed by atoms with Gasteiger partial charge < -0.3 is 10.2 Å². The van der Waals surface area contributed by atoms with Gasteiger partial charge >= 0.3 is 5.97 Å². The van der Waals surface area contributed by atoms with Gasteiger partial charge in [0.2, 0.25) is 0 Å². The predicted molar refractivity (Wildman–Crippen MR) is 81.3 cm³/mol. The number of aryl methyl sites for hydroxylation is 1. The molecule has 2 aromatic carbocycles. The van der Waals surface area contributed by atoms with Crippen molar-refractivity contribution in [1.82, 2.24) is 0 Å². The molecule has 0 aliphatic carbocycles. The topological polar surface area (TPSA) is 104 Å². The molecular formula is C15H14FNO5S. The minimum absolute atomic E-state index is 0.0163. The lowest BCUT2D eigenvalue weighted by molar-refractivity contribution is 0.0692. The van der Waals surface area contributed by atoms with Gasteiger partial charge in [-0.25, -0.2) is 17.6 Å². The average molecular weight is 339 g/mol. The van der Waals surface area contributed by atoms with Crippen molar-refractivity contribution in [3.63, 3.8) is 0 Å². The van der Waals surface area contributed by atoms with E-state index < -0.39 is 27.4 Å². The van der Waals surface area contributed by atoms with Crippen LogP contribution in [-0.4, -0.2) is 24.6 Å². The molecule has 0 saturated carbocycles. The van der Waals surface area contributed by atoms with Crippen LogP contribution in [0.4, 0.5) is 10.1 Å². The summed E-state index contributed by atoms with van der Waals surface area (Å²) in [4.78, 5) is 10.7. The van der Waals surface area contributed by atoms with E-state index in [1.807, 2.05) is 0 Å². The number of aromatic carboxylic acids is 1. The summed E-state index contributed by atoms with van der Waals surface area (Å²) >= 11 is 0. The summed E-state index contributed by atoms with van der Waals surface area (Å²) in [7, 11) is -3.96. The minimum atomic E-state index is -3.96. The quantitative estimate of drug-likeness (QED) is 0.774. The number of sulfonamides is 1. The first-order valence-electron chi connectivity index (χ1n) is 6.50. The van der Waals surface area contributed by atoms with Crippen LogP contribution in [0, 0.1) is 12.7 Å². The molecule has 8 heteroatoms. The molecular weight excluding hydrogens is 325 g/mol. The van der Waals surface area contributed by atoms with Gasteiger partial charge in [0.25, 0.3) is 10.0 Å². The number of benzene rings is 2. The molecule has 0 bridgehead atoms. The number of nitrogens with one attached hydrogen (secondary N) is 1. The number of hydrogen-bond acceptors (Lipinski definition) is 4. The van der Waals surface area contributed by atoms with Gasteiger partial charge in [-0.2, -0.15) is 0 Å². The van der Waals surface area contributed by atoms with Gasteiger partial charge in [0.15, 0.2) is 0 Å². The molecule has 0 aliphatic heterocycles. The fourth-order valence-corrected chi connectivity index (χ4v) is 3.35. The molecule has 0 heterocycles. The number of aliphatic hydroxyl groups is 1. The summed E-state index contributed by atoms with van der Waals surface area (Å²) in [5.74, 6) is -2.47. The number of aliphatic hydroxyl groups excluding tert-OH is 1. The highest BCUT2D eigenvalue weighted by Crippen LogP contribution is 2.22. The smallest absolute Gasteiger partial charge is 0.338 e. The molecule has 0 radical (unpaired) electrons. The Morgan fingerprint density at radius 3 is 2.43 bits per heavy atom. The molecule has 0 atom stereocenters. The first kappa shape index (κ1) is 16.9. The number of anilines is 1. The zero-order chi connectivity index (χ0) is 17.2. The molecule has 0 aromatic heterocycles. The fraction of sp³-hybridized carbons (Fsp3) is 0.133. The minimum Gasteiger partial charge on any atom is -0.478 e. The Labute approximate surface area is 132 Å². The van der Waals surface area contributed by atoms with Gasteiger partial charge in [0.05, 0.1) is 22.8 Å². The van der Waals surface area contributed by atoms with Crippen molar-refractivity contribution >= 4 is 21.7 Å². The summed E-state index contributed by atoms with van der Waals surface area (Å²) in [5, 5.41) is 17.8. The van der Waals surface area contributed by atoms with Crippen LogP contribution in [0.3, 0.4) is 0 Å². The lowest BCUT2D eigenvalue weighted by Gasteiger charge is -2.11. The van der Waals surface area contributed by atoms with Crippen molar-refractivity contribution in [1.29, 1.82) is 0 Å². The van der Waals surface area contributed by atoms with Crippen LogP contribution < -0.4 is 4.72 Å². The molecule has 23 heavy (non-hydrogen) atoms. The first-order chi connectivity index (χ1) is 10.7. The van der Waals surface area contributed by atoms with E-state index in [1.165, 1.54) is 24.3 Å². The first-order valence-corrected chi connectivity index (χ1v) is 7.99. The van der Waals surface area contributed by atoms with Crippen LogP contribution in [0.15, 0.2) is 41.3 Å². The van der Waals surface area contributed by atoms with Crippen LogP contribution in [-0.2, 0) is 16.6 Å². The molecule has 0 aliphatic rings. The second-order valence-electron chi connectivity index (χ2n) is 4.86. The third-order valence-electron chi connectivity index (χ3n) is 3.16. The highest BCUT2D eigenvalue weighted by atomic mass is 32.2. The SMILES string of the molecule is Cc1cc(CO)ccc1S(=O)(=O)Nc1ccc(C(=O)O)c(F)c1.